The summed E-state index contributed by atoms with van der Waals surface area (Å²) in [5.74, 6) is -0.217. The summed E-state index contributed by atoms with van der Waals surface area (Å²) in [6.45, 7) is 0. The molecule has 0 radical (unpaired) electrons. The van der Waals surface area contributed by atoms with E-state index >= 15 is 0 Å². The Labute approximate surface area is 87.8 Å². The second kappa shape index (κ2) is 3.28. The van der Waals surface area contributed by atoms with Crippen LogP contribution in [0.2, 0.25) is 0 Å². The predicted molar refractivity (Wildman–Crippen MR) is 54.4 cm³/mol. The fourth-order valence-electron chi connectivity index (χ4n) is 1.70. The molecule has 0 aliphatic heterocycles. The highest BCUT2D eigenvalue weighted by atomic mass is 35.5. The van der Waals surface area contributed by atoms with Gasteiger partial charge in [0.1, 0.15) is 4.87 Å². The van der Waals surface area contributed by atoms with Crippen molar-refractivity contribution in [2.45, 2.75) is 17.2 Å². The minimum Gasteiger partial charge on any atom is -0.468 e. The Kier molecular flexibility index (Phi) is 2.23. The molecule has 0 bridgehead atoms. The molecule has 0 spiro atoms. The Hall–Kier alpha value is -1.02. The monoisotopic (exact) mass is 210 g/mol. The minimum absolute atomic E-state index is 0.109. The van der Waals surface area contributed by atoms with Gasteiger partial charge >= 0.3 is 5.97 Å². The second-order valence-corrected chi connectivity index (χ2v) is 4.20. The zero-order chi connectivity index (χ0) is 10.2. The van der Waals surface area contributed by atoms with Gasteiger partial charge in [0.15, 0.2) is 0 Å². The Morgan fingerprint density at radius 2 is 2.14 bits per heavy atom. The first-order chi connectivity index (χ1) is 6.68. The molecule has 0 N–H and O–H groups in total. The van der Waals surface area contributed by atoms with E-state index in [0.29, 0.717) is 6.42 Å². The number of hydrogen-bond donors (Lipinski definition) is 0. The van der Waals surface area contributed by atoms with Crippen molar-refractivity contribution >= 4 is 17.6 Å². The van der Waals surface area contributed by atoms with E-state index in [4.69, 9.17) is 11.6 Å². The molecule has 1 aromatic carbocycles. The number of carbonyl (C=O) groups excluding carboxylic acids is 1. The van der Waals surface area contributed by atoms with Crippen LogP contribution >= 0.6 is 11.6 Å². The molecule has 0 heterocycles. The van der Waals surface area contributed by atoms with E-state index in [1.807, 2.05) is 30.3 Å². The molecule has 3 heteroatoms. The summed E-state index contributed by atoms with van der Waals surface area (Å²) in [5, 5.41) is 0. The van der Waals surface area contributed by atoms with Crippen LogP contribution in [0.15, 0.2) is 30.3 Å². The summed E-state index contributed by atoms with van der Waals surface area (Å²) in [5.41, 5.74) is 1.10. The van der Waals surface area contributed by atoms with E-state index in [9.17, 15) is 4.79 Å². The van der Waals surface area contributed by atoms with E-state index in [0.717, 1.165) is 5.56 Å². The highest BCUT2D eigenvalue weighted by Gasteiger charge is 2.60. The van der Waals surface area contributed by atoms with Crippen molar-refractivity contribution in [2.75, 3.05) is 7.11 Å². The molecule has 2 nitrogen and oxygen atoms in total. The molecular formula is C11H11ClO2. The first-order valence-corrected chi connectivity index (χ1v) is 4.88. The summed E-state index contributed by atoms with van der Waals surface area (Å²) in [4.78, 5) is 10.5. The summed E-state index contributed by atoms with van der Waals surface area (Å²) in [7, 11) is 1.37. The van der Waals surface area contributed by atoms with Crippen LogP contribution in [0.5, 0.6) is 0 Å². The standard InChI is InChI=1S/C11H11ClO2/c1-14-10(13)11(12)7-9(11)8-5-3-2-4-6-8/h2-6,9H,7H2,1H3. The number of rotatable bonds is 2. The van der Waals surface area contributed by atoms with Crippen molar-refractivity contribution in [3.8, 4) is 0 Å². The van der Waals surface area contributed by atoms with Crippen LogP contribution in [0, 0.1) is 0 Å². The fourth-order valence-corrected chi connectivity index (χ4v) is 2.06. The zero-order valence-corrected chi connectivity index (χ0v) is 8.62. The third-order valence-electron chi connectivity index (χ3n) is 2.62. The molecule has 1 fully saturated rings. The minimum atomic E-state index is -0.809. The smallest absolute Gasteiger partial charge is 0.327 e. The molecule has 1 aliphatic carbocycles. The SMILES string of the molecule is COC(=O)C1(Cl)CC1c1ccccc1. The molecule has 0 aromatic heterocycles. The lowest BCUT2D eigenvalue weighted by atomic mass is 10.1. The van der Waals surface area contributed by atoms with Crippen LogP contribution in [-0.2, 0) is 9.53 Å². The average Bonchev–Trinajstić information content (AvgIpc) is 2.92. The molecule has 1 saturated carbocycles. The Bertz CT molecular complexity index is 350. The van der Waals surface area contributed by atoms with Gasteiger partial charge in [-0.3, -0.25) is 4.79 Å². The summed E-state index contributed by atoms with van der Waals surface area (Å²) in [6, 6.07) is 9.81. The number of hydrogen-bond acceptors (Lipinski definition) is 2. The maximum atomic E-state index is 11.3. The Balaban J connectivity index is 2.16. The van der Waals surface area contributed by atoms with Crippen molar-refractivity contribution in [3.05, 3.63) is 35.9 Å². The van der Waals surface area contributed by atoms with Crippen molar-refractivity contribution in [1.82, 2.24) is 0 Å². The highest BCUT2D eigenvalue weighted by Crippen LogP contribution is 2.57. The van der Waals surface area contributed by atoms with Crippen molar-refractivity contribution in [2.24, 2.45) is 0 Å². The molecule has 2 rings (SSSR count). The van der Waals surface area contributed by atoms with Crippen LogP contribution in [-0.4, -0.2) is 18.0 Å². The highest BCUT2D eigenvalue weighted by molar-refractivity contribution is 6.37. The molecule has 0 amide bonds. The van der Waals surface area contributed by atoms with Crippen LogP contribution in [0.3, 0.4) is 0 Å². The lowest BCUT2D eigenvalue weighted by Gasteiger charge is -2.05. The van der Waals surface area contributed by atoms with E-state index in [1.54, 1.807) is 0 Å². The van der Waals surface area contributed by atoms with E-state index in [1.165, 1.54) is 7.11 Å². The number of methoxy groups -OCH3 is 1. The van der Waals surface area contributed by atoms with Crippen LogP contribution in [0.4, 0.5) is 0 Å². The van der Waals surface area contributed by atoms with E-state index < -0.39 is 4.87 Å². The van der Waals surface area contributed by atoms with E-state index in [-0.39, 0.29) is 11.9 Å². The molecule has 2 unspecified atom stereocenters. The normalized spacial score (nSPS) is 29.7. The molecular weight excluding hydrogens is 200 g/mol. The lowest BCUT2D eigenvalue weighted by Crippen LogP contribution is -2.19. The number of esters is 1. The fraction of sp³-hybridized carbons (Fsp3) is 0.364. The average molecular weight is 211 g/mol. The van der Waals surface area contributed by atoms with Gasteiger partial charge in [0.05, 0.1) is 7.11 Å². The number of alkyl halides is 1. The molecule has 74 valence electrons. The number of ether oxygens (including phenoxy) is 1. The summed E-state index contributed by atoms with van der Waals surface area (Å²) < 4.78 is 4.66. The van der Waals surface area contributed by atoms with E-state index in [2.05, 4.69) is 4.74 Å². The molecule has 0 saturated heterocycles. The van der Waals surface area contributed by atoms with Gasteiger partial charge in [-0.25, -0.2) is 0 Å². The number of benzene rings is 1. The summed E-state index contributed by atoms with van der Waals surface area (Å²) in [6.07, 6.45) is 0.672. The van der Waals surface area contributed by atoms with Gasteiger partial charge in [-0.15, -0.1) is 11.6 Å². The molecule has 1 aromatic rings. The number of carbonyl (C=O) groups is 1. The Morgan fingerprint density at radius 3 is 2.71 bits per heavy atom. The second-order valence-electron chi connectivity index (χ2n) is 3.52. The van der Waals surface area contributed by atoms with Crippen LogP contribution < -0.4 is 0 Å². The van der Waals surface area contributed by atoms with Crippen molar-refractivity contribution in [1.29, 1.82) is 0 Å². The van der Waals surface area contributed by atoms with Crippen LogP contribution in [0.1, 0.15) is 17.9 Å². The van der Waals surface area contributed by atoms with Gasteiger partial charge in [0.2, 0.25) is 0 Å². The maximum absolute atomic E-state index is 11.3. The van der Waals surface area contributed by atoms with Crippen LogP contribution in [0.25, 0.3) is 0 Å². The first kappa shape index (κ1) is 9.53. The maximum Gasteiger partial charge on any atom is 0.327 e. The third-order valence-corrected chi connectivity index (χ3v) is 3.19. The molecule has 1 aliphatic rings. The molecule has 2 atom stereocenters. The first-order valence-electron chi connectivity index (χ1n) is 4.51. The van der Waals surface area contributed by atoms with Crippen molar-refractivity contribution in [3.63, 3.8) is 0 Å². The summed E-state index contributed by atoms with van der Waals surface area (Å²) >= 11 is 6.12. The predicted octanol–water partition coefficient (Wildman–Crippen LogP) is 2.32. The van der Waals surface area contributed by atoms with Gasteiger partial charge in [-0.2, -0.15) is 0 Å². The Morgan fingerprint density at radius 1 is 1.50 bits per heavy atom. The van der Waals surface area contributed by atoms with Crippen molar-refractivity contribution < 1.29 is 9.53 Å². The zero-order valence-electron chi connectivity index (χ0n) is 7.87. The lowest BCUT2D eigenvalue weighted by molar-refractivity contribution is -0.141. The third kappa shape index (κ3) is 1.40. The van der Waals surface area contributed by atoms with Gasteiger partial charge in [-0.05, 0) is 12.0 Å². The van der Waals surface area contributed by atoms with Gasteiger partial charge in [0, 0.05) is 5.92 Å². The van der Waals surface area contributed by atoms with Gasteiger partial charge in [0.25, 0.3) is 0 Å². The van der Waals surface area contributed by atoms with Gasteiger partial charge < -0.3 is 4.74 Å². The van der Waals surface area contributed by atoms with Gasteiger partial charge in [-0.1, -0.05) is 30.3 Å². The number of halogens is 1. The topological polar surface area (TPSA) is 26.3 Å². The molecule has 14 heavy (non-hydrogen) atoms. The quantitative estimate of drug-likeness (QED) is 0.553. The largest absolute Gasteiger partial charge is 0.468 e.